The Morgan fingerprint density at radius 1 is 1.25 bits per heavy atom. The Morgan fingerprint density at radius 3 is 2.70 bits per heavy atom. The zero-order valence-corrected chi connectivity index (χ0v) is 11.9. The lowest BCUT2D eigenvalue weighted by Gasteiger charge is -2.45. The van der Waals surface area contributed by atoms with Crippen molar-refractivity contribution < 1.29 is 4.74 Å². The first kappa shape index (κ1) is 13.9. The van der Waals surface area contributed by atoms with Crippen LogP contribution in [0.15, 0.2) is 18.5 Å². The first-order valence-electron chi connectivity index (χ1n) is 7.70. The Kier molecular flexibility index (Phi) is 4.29. The van der Waals surface area contributed by atoms with Gasteiger partial charge in [0.1, 0.15) is 5.82 Å². The van der Waals surface area contributed by atoms with E-state index in [9.17, 15) is 0 Å². The van der Waals surface area contributed by atoms with Crippen LogP contribution in [-0.4, -0.2) is 22.2 Å². The summed E-state index contributed by atoms with van der Waals surface area (Å²) in [5, 5.41) is 0. The second kappa shape index (κ2) is 6.16. The molecule has 5 nitrogen and oxygen atoms in total. The van der Waals surface area contributed by atoms with Crippen LogP contribution < -0.4 is 11.3 Å². The molecule has 0 aromatic carbocycles. The molecule has 110 valence electrons. The summed E-state index contributed by atoms with van der Waals surface area (Å²) >= 11 is 0. The average Bonchev–Trinajstić information content (AvgIpc) is 2.50. The van der Waals surface area contributed by atoms with E-state index in [-0.39, 0.29) is 11.6 Å². The number of rotatable bonds is 3. The molecule has 1 aromatic heterocycles. The predicted octanol–water partition coefficient (Wildman–Crippen LogP) is 2.11. The molecular formula is C15H24N4O. The fraction of sp³-hybridized carbons (Fsp3) is 0.733. The van der Waals surface area contributed by atoms with Crippen LogP contribution in [0.4, 0.5) is 0 Å². The lowest BCUT2D eigenvalue weighted by Crippen LogP contribution is -2.46. The van der Waals surface area contributed by atoms with Crippen molar-refractivity contribution in [3.05, 3.63) is 24.3 Å². The lowest BCUT2D eigenvalue weighted by atomic mass is 9.74. The topological polar surface area (TPSA) is 73.1 Å². The first-order chi connectivity index (χ1) is 9.83. The van der Waals surface area contributed by atoms with Crippen LogP contribution >= 0.6 is 0 Å². The monoisotopic (exact) mass is 276 g/mol. The van der Waals surface area contributed by atoms with Crippen LogP contribution in [0.1, 0.15) is 56.8 Å². The van der Waals surface area contributed by atoms with Crippen molar-refractivity contribution >= 4 is 0 Å². The third-order valence-corrected chi connectivity index (χ3v) is 4.81. The Morgan fingerprint density at radius 2 is 2.00 bits per heavy atom. The van der Waals surface area contributed by atoms with Crippen LogP contribution in [0.3, 0.4) is 0 Å². The molecule has 20 heavy (non-hydrogen) atoms. The van der Waals surface area contributed by atoms with E-state index in [1.165, 1.54) is 32.1 Å². The van der Waals surface area contributed by atoms with E-state index >= 15 is 0 Å². The molecule has 5 heteroatoms. The molecule has 1 saturated heterocycles. The molecule has 0 radical (unpaired) electrons. The van der Waals surface area contributed by atoms with Crippen molar-refractivity contribution in [1.29, 1.82) is 0 Å². The predicted molar refractivity (Wildman–Crippen MR) is 76.6 cm³/mol. The molecule has 1 saturated carbocycles. The SMILES string of the molecule is NNC(c1ncccn1)C1CCOC2(CCCCC2)C1. The smallest absolute Gasteiger partial charge is 0.146 e. The van der Waals surface area contributed by atoms with Crippen molar-refractivity contribution in [2.45, 2.75) is 56.6 Å². The molecule has 1 aromatic rings. The van der Waals surface area contributed by atoms with Gasteiger partial charge in [0.25, 0.3) is 0 Å². The number of aromatic nitrogens is 2. The zero-order chi connectivity index (χ0) is 13.8. The van der Waals surface area contributed by atoms with E-state index in [0.29, 0.717) is 5.92 Å². The molecule has 0 amide bonds. The Balaban J connectivity index is 1.75. The standard InChI is InChI=1S/C15H24N4O/c16-19-13(14-17-8-4-9-18-14)12-5-10-20-15(11-12)6-2-1-3-7-15/h4,8-9,12-13,19H,1-3,5-7,10-11,16H2. The van der Waals surface area contributed by atoms with Crippen molar-refractivity contribution in [3.63, 3.8) is 0 Å². The summed E-state index contributed by atoms with van der Waals surface area (Å²) in [5.74, 6) is 7.03. The summed E-state index contributed by atoms with van der Waals surface area (Å²) < 4.78 is 6.16. The van der Waals surface area contributed by atoms with Crippen molar-refractivity contribution in [1.82, 2.24) is 15.4 Å². The lowest BCUT2D eigenvalue weighted by molar-refractivity contribution is -0.122. The first-order valence-corrected chi connectivity index (χ1v) is 7.70. The zero-order valence-electron chi connectivity index (χ0n) is 11.9. The maximum atomic E-state index is 6.16. The fourth-order valence-corrected chi connectivity index (χ4v) is 3.79. The van der Waals surface area contributed by atoms with Gasteiger partial charge in [-0.2, -0.15) is 0 Å². The molecule has 2 aliphatic rings. The highest BCUT2D eigenvalue weighted by Crippen LogP contribution is 2.43. The average molecular weight is 276 g/mol. The molecule has 1 spiro atoms. The number of hydrogen-bond donors (Lipinski definition) is 2. The highest BCUT2D eigenvalue weighted by Gasteiger charge is 2.41. The molecule has 3 rings (SSSR count). The van der Waals surface area contributed by atoms with Gasteiger partial charge in [-0.1, -0.05) is 19.3 Å². The molecule has 1 aliphatic heterocycles. The minimum absolute atomic E-state index is 0.0268. The van der Waals surface area contributed by atoms with Gasteiger partial charge in [0, 0.05) is 19.0 Å². The van der Waals surface area contributed by atoms with Gasteiger partial charge >= 0.3 is 0 Å². The van der Waals surface area contributed by atoms with Crippen molar-refractivity contribution in [2.75, 3.05) is 6.61 Å². The van der Waals surface area contributed by atoms with E-state index < -0.39 is 0 Å². The minimum atomic E-state index is 0.0268. The maximum Gasteiger partial charge on any atom is 0.146 e. The normalized spacial score (nSPS) is 27.4. The third-order valence-electron chi connectivity index (χ3n) is 4.81. The van der Waals surface area contributed by atoms with Crippen LogP contribution in [-0.2, 0) is 4.74 Å². The number of ether oxygens (including phenoxy) is 1. The highest BCUT2D eigenvalue weighted by molar-refractivity contribution is 5.01. The van der Waals surface area contributed by atoms with Crippen LogP contribution in [0, 0.1) is 5.92 Å². The van der Waals surface area contributed by atoms with Gasteiger partial charge in [-0.3, -0.25) is 5.84 Å². The van der Waals surface area contributed by atoms with Gasteiger partial charge in [0.2, 0.25) is 0 Å². The minimum Gasteiger partial charge on any atom is -0.375 e. The number of nitrogens with one attached hydrogen (secondary N) is 1. The summed E-state index contributed by atoms with van der Waals surface area (Å²) in [6, 6.07) is 1.86. The maximum absolute atomic E-state index is 6.16. The number of nitrogens with zero attached hydrogens (tertiary/aromatic N) is 2. The fourth-order valence-electron chi connectivity index (χ4n) is 3.79. The third kappa shape index (κ3) is 2.85. The van der Waals surface area contributed by atoms with E-state index in [4.69, 9.17) is 10.6 Å². The summed E-state index contributed by atoms with van der Waals surface area (Å²) in [4.78, 5) is 8.73. The molecule has 2 unspecified atom stereocenters. The van der Waals surface area contributed by atoms with Gasteiger partial charge in [-0.05, 0) is 37.7 Å². The van der Waals surface area contributed by atoms with Crippen LogP contribution in [0.25, 0.3) is 0 Å². The van der Waals surface area contributed by atoms with Gasteiger partial charge in [-0.25, -0.2) is 15.4 Å². The Bertz CT molecular complexity index is 414. The number of hydrazine groups is 1. The Labute approximate surface area is 120 Å². The van der Waals surface area contributed by atoms with Crippen LogP contribution in [0.2, 0.25) is 0 Å². The quantitative estimate of drug-likeness (QED) is 0.653. The van der Waals surface area contributed by atoms with E-state index in [0.717, 1.165) is 25.3 Å². The molecule has 1 aliphatic carbocycles. The molecule has 2 atom stereocenters. The molecule has 2 fully saturated rings. The largest absolute Gasteiger partial charge is 0.375 e. The summed E-state index contributed by atoms with van der Waals surface area (Å²) in [7, 11) is 0. The van der Waals surface area contributed by atoms with E-state index in [1.54, 1.807) is 12.4 Å². The second-order valence-electron chi connectivity index (χ2n) is 6.10. The summed E-state index contributed by atoms with van der Waals surface area (Å²) in [6.45, 7) is 0.829. The summed E-state index contributed by atoms with van der Waals surface area (Å²) in [5.41, 5.74) is 3.02. The van der Waals surface area contributed by atoms with E-state index in [2.05, 4.69) is 15.4 Å². The van der Waals surface area contributed by atoms with Gasteiger partial charge in [-0.15, -0.1) is 0 Å². The van der Waals surface area contributed by atoms with Gasteiger partial charge < -0.3 is 4.74 Å². The van der Waals surface area contributed by atoms with Crippen molar-refractivity contribution in [2.24, 2.45) is 11.8 Å². The van der Waals surface area contributed by atoms with Crippen LogP contribution in [0.5, 0.6) is 0 Å². The second-order valence-corrected chi connectivity index (χ2v) is 6.10. The van der Waals surface area contributed by atoms with Gasteiger partial charge in [0.05, 0.1) is 11.6 Å². The highest BCUT2D eigenvalue weighted by atomic mass is 16.5. The molecule has 2 heterocycles. The van der Waals surface area contributed by atoms with E-state index in [1.807, 2.05) is 6.07 Å². The Hall–Kier alpha value is -1.04. The molecule has 3 N–H and O–H groups in total. The van der Waals surface area contributed by atoms with Gasteiger partial charge in [0.15, 0.2) is 0 Å². The molecular weight excluding hydrogens is 252 g/mol. The number of nitrogens with two attached hydrogens (primary N) is 1. The number of hydrogen-bond acceptors (Lipinski definition) is 5. The van der Waals surface area contributed by atoms with Crippen molar-refractivity contribution in [3.8, 4) is 0 Å². The molecule has 0 bridgehead atoms. The summed E-state index contributed by atoms with van der Waals surface area (Å²) in [6.07, 6.45) is 12.0.